The smallest absolute Gasteiger partial charge is 0.235 e. The van der Waals surface area contributed by atoms with Crippen LogP contribution < -0.4 is 20.9 Å². The first-order chi connectivity index (χ1) is 11.7. The van der Waals surface area contributed by atoms with Crippen LogP contribution in [-0.2, 0) is 9.59 Å². The Kier molecular flexibility index (Phi) is 5.32. The maximum Gasteiger partial charge on any atom is 0.235 e. The minimum absolute atomic E-state index is 0.0102. The molecule has 3 rings (SSSR count). The normalized spacial score (nSPS) is 25.0. The predicted molar refractivity (Wildman–Crippen MR) is 90.5 cm³/mol. The van der Waals surface area contributed by atoms with Crippen LogP contribution in [-0.4, -0.2) is 49.5 Å². The van der Waals surface area contributed by atoms with Crippen LogP contribution in [0.25, 0.3) is 0 Å². The standard InChI is InChI=1S/C17H24N4O3/c1-24-15-6-4-13(5-7-15)19-17(23)12-3-2-8-21(11-12)14-9-16(22)20-18-10-14/h4-7,12,14,18H,2-3,8-11H2,1H3,(H,19,23)(H,20,22). The lowest BCUT2D eigenvalue weighted by Crippen LogP contribution is -2.57. The molecule has 7 nitrogen and oxygen atoms in total. The van der Waals surface area contributed by atoms with Gasteiger partial charge < -0.3 is 10.1 Å². The van der Waals surface area contributed by atoms with Crippen molar-refractivity contribution < 1.29 is 14.3 Å². The molecular formula is C17H24N4O3. The number of carbonyl (C=O) groups excluding carboxylic acids is 2. The number of amides is 2. The van der Waals surface area contributed by atoms with Crippen molar-refractivity contribution in [2.45, 2.75) is 25.3 Å². The Balaban J connectivity index is 1.57. The molecule has 2 atom stereocenters. The zero-order chi connectivity index (χ0) is 16.9. The fourth-order valence-corrected chi connectivity index (χ4v) is 3.33. The van der Waals surface area contributed by atoms with Crippen LogP contribution >= 0.6 is 0 Å². The van der Waals surface area contributed by atoms with Crippen molar-refractivity contribution in [1.29, 1.82) is 0 Å². The molecule has 0 bridgehead atoms. The van der Waals surface area contributed by atoms with E-state index in [-0.39, 0.29) is 23.8 Å². The van der Waals surface area contributed by atoms with Gasteiger partial charge in [-0.2, -0.15) is 0 Å². The largest absolute Gasteiger partial charge is 0.497 e. The minimum atomic E-state index is -0.0501. The summed E-state index contributed by atoms with van der Waals surface area (Å²) in [6.45, 7) is 2.35. The van der Waals surface area contributed by atoms with Gasteiger partial charge >= 0.3 is 0 Å². The van der Waals surface area contributed by atoms with Crippen LogP contribution in [0.1, 0.15) is 19.3 Å². The molecule has 0 saturated carbocycles. The summed E-state index contributed by atoms with van der Waals surface area (Å²) in [6, 6.07) is 7.50. The number of anilines is 1. The van der Waals surface area contributed by atoms with Gasteiger partial charge in [0.1, 0.15) is 5.75 Å². The van der Waals surface area contributed by atoms with Crippen molar-refractivity contribution in [1.82, 2.24) is 15.8 Å². The fourth-order valence-electron chi connectivity index (χ4n) is 3.33. The summed E-state index contributed by atoms with van der Waals surface area (Å²) >= 11 is 0. The van der Waals surface area contributed by atoms with E-state index in [1.54, 1.807) is 7.11 Å². The molecule has 24 heavy (non-hydrogen) atoms. The van der Waals surface area contributed by atoms with Gasteiger partial charge in [0.25, 0.3) is 0 Å². The second kappa shape index (κ2) is 7.63. The first-order valence-electron chi connectivity index (χ1n) is 8.36. The first kappa shape index (κ1) is 16.7. The number of likely N-dealkylation sites (tertiary alicyclic amines) is 1. The molecule has 1 aromatic carbocycles. The Morgan fingerprint density at radius 3 is 2.83 bits per heavy atom. The fraction of sp³-hybridized carbons (Fsp3) is 0.529. The molecule has 0 aliphatic carbocycles. The predicted octanol–water partition coefficient (Wildman–Crippen LogP) is 0.739. The number of benzene rings is 1. The number of piperidine rings is 1. The average Bonchev–Trinajstić information content (AvgIpc) is 2.62. The quantitative estimate of drug-likeness (QED) is 0.757. The molecular weight excluding hydrogens is 308 g/mol. The number of hydrazine groups is 1. The van der Waals surface area contributed by atoms with E-state index in [1.165, 1.54) is 0 Å². The Hall–Kier alpha value is -2.12. The van der Waals surface area contributed by atoms with Gasteiger partial charge in [-0.1, -0.05) is 0 Å². The average molecular weight is 332 g/mol. The number of hydrogen-bond acceptors (Lipinski definition) is 5. The molecule has 2 heterocycles. The number of nitrogens with one attached hydrogen (secondary N) is 3. The van der Waals surface area contributed by atoms with Crippen molar-refractivity contribution in [2.24, 2.45) is 5.92 Å². The molecule has 2 aliphatic heterocycles. The van der Waals surface area contributed by atoms with Gasteiger partial charge in [0.2, 0.25) is 11.8 Å². The zero-order valence-electron chi connectivity index (χ0n) is 13.9. The van der Waals surface area contributed by atoms with Crippen LogP contribution in [0, 0.1) is 5.92 Å². The van der Waals surface area contributed by atoms with Gasteiger partial charge in [-0.15, -0.1) is 0 Å². The van der Waals surface area contributed by atoms with E-state index in [4.69, 9.17) is 4.74 Å². The molecule has 0 radical (unpaired) electrons. The third-order valence-electron chi connectivity index (χ3n) is 4.68. The first-order valence-corrected chi connectivity index (χ1v) is 8.36. The van der Waals surface area contributed by atoms with E-state index < -0.39 is 0 Å². The molecule has 3 N–H and O–H groups in total. The molecule has 2 unspecified atom stereocenters. The van der Waals surface area contributed by atoms with Crippen molar-refractivity contribution in [3.8, 4) is 5.75 Å². The van der Waals surface area contributed by atoms with E-state index >= 15 is 0 Å². The van der Waals surface area contributed by atoms with Crippen molar-refractivity contribution in [3.05, 3.63) is 24.3 Å². The zero-order valence-corrected chi connectivity index (χ0v) is 13.9. The minimum Gasteiger partial charge on any atom is -0.497 e. The Morgan fingerprint density at radius 2 is 2.12 bits per heavy atom. The summed E-state index contributed by atoms with van der Waals surface area (Å²) in [5.41, 5.74) is 6.32. The highest BCUT2D eigenvalue weighted by molar-refractivity contribution is 5.92. The van der Waals surface area contributed by atoms with Crippen molar-refractivity contribution >= 4 is 17.5 Å². The van der Waals surface area contributed by atoms with Crippen LogP contribution in [0.3, 0.4) is 0 Å². The summed E-state index contributed by atoms with van der Waals surface area (Å²) in [5.74, 6) is 0.764. The van der Waals surface area contributed by atoms with E-state index in [9.17, 15) is 9.59 Å². The Labute approximate surface area is 141 Å². The van der Waals surface area contributed by atoms with Crippen molar-refractivity contribution in [3.63, 3.8) is 0 Å². The van der Waals surface area contributed by atoms with Gasteiger partial charge in [-0.05, 0) is 43.7 Å². The Bertz CT molecular complexity index is 590. The second-order valence-electron chi connectivity index (χ2n) is 6.34. The van der Waals surface area contributed by atoms with Gasteiger partial charge in [0, 0.05) is 31.2 Å². The molecule has 2 fully saturated rings. The number of rotatable bonds is 4. The third-order valence-corrected chi connectivity index (χ3v) is 4.68. The molecule has 7 heteroatoms. The maximum atomic E-state index is 12.6. The number of methoxy groups -OCH3 is 1. The van der Waals surface area contributed by atoms with Crippen LogP contribution in [0.15, 0.2) is 24.3 Å². The van der Waals surface area contributed by atoms with E-state index in [1.807, 2.05) is 24.3 Å². The van der Waals surface area contributed by atoms with Crippen LogP contribution in [0.5, 0.6) is 5.75 Å². The number of hydrogen-bond donors (Lipinski definition) is 3. The molecule has 0 spiro atoms. The Morgan fingerprint density at radius 1 is 1.33 bits per heavy atom. The highest BCUT2D eigenvalue weighted by Gasteiger charge is 2.32. The molecule has 1 aromatic rings. The highest BCUT2D eigenvalue weighted by atomic mass is 16.5. The number of carbonyl (C=O) groups is 2. The van der Waals surface area contributed by atoms with Gasteiger partial charge in [-0.3, -0.25) is 19.9 Å². The van der Waals surface area contributed by atoms with Crippen LogP contribution in [0.4, 0.5) is 5.69 Å². The highest BCUT2D eigenvalue weighted by Crippen LogP contribution is 2.22. The molecule has 2 amide bonds. The molecule has 0 aromatic heterocycles. The maximum absolute atomic E-state index is 12.6. The van der Waals surface area contributed by atoms with E-state index in [2.05, 4.69) is 21.1 Å². The summed E-state index contributed by atoms with van der Waals surface area (Å²) in [7, 11) is 1.62. The topological polar surface area (TPSA) is 82.7 Å². The summed E-state index contributed by atoms with van der Waals surface area (Å²) < 4.78 is 5.12. The second-order valence-corrected chi connectivity index (χ2v) is 6.34. The lowest BCUT2D eigenvalue weighted by molar-refractivity contribution is -0.126. The van der Waals surface area contributed by atoms with Crippen LogP contribution in [0.2, 0.25) is 0 Å². The van der Waals surface area contributed by atoms with Crippen molar-refractivity contribution in [2.75, 3.05) is 32.1 Å². The number of nitrogens with zero attached hydrogens (tertiary/aromatic N) is 1. The summed E-state index contributed by atoms with van der Waals surface area (Å²) in [5, 5.41) is 2.98. The monoisotopic (exact) mass is 332 g/mol. The lowest BCUT2D eigenvalue weighted by atomic mass is 9.94. The molecule has 2 saturated heterocycles. The van der Waals surface area contributed by atoms with Gasteiger partial charge in [-0.25, -0.2) is 5.43 Å². The lowest BCUT2D eigenvalue weighted by Gasteiger charge is -2.39. The SMILES string of the molecule is COc1ccc(NC(=O)C2CCCN(C3CNNC(=O)C3)C2)cc1. The van der Waals surface area contributed by atoms with E-state index in [0.29, 0.717) is 13.0 Å². The van der Waals surface area contributed by atoms with Gasteiger partial charge in [0.05, 0.1) is 13.0 Å². The molecule has 130 valence electrons. The molecule has 2 aliphatic rings. The third kappa shape index (κ3) is 4.04. The summed E-state index contributed by atoms with van der Waals surface area (Å²) in [4.78, 5) is 26.3. The summed E-state index contributed by atoms with van der Waals surface area (Å²) in [6.07, 6.45) is 2.34. The number of ether oxygens (including phenoxy) is 1. The van der Waals surface area contributed by atoms with Gasteiger partial charge in [0.15, 0.2) is 0 Å². The van der Waals surface area contributed by atoms with E-state index in [0.717, 1.165) is 37.4 Å².